The molecule has 0 radical (unpaired) electrons. The van der Waals surface area contributed by atoms with Gasteiger partial charge in [0, 0.05) is 30.3 Å². The van der Waals surface area contributed by atoms with E-state index in [1.165, 1.54) is 5.19 Å². The molecule has 4 aromatic rings. The smallest absolute Gasteiger partial charge is 0.264 e. The van der Waals surface area contributed by atoms with E-state index in [0.29, 0.717) is 32.5 Å². The SMILES string of the molecule is CCOc1ccc2c(c1)CC(NCCCCO)C(=O)N2c1ccc(CN2C(=O)[C@@]3(O[C@@H](CC(=O)N4CCC[C@H]4CO)[C@H]([Si](C)(C)c4ccc(OC)cc4)[C@H]3C)c3ccccc32)cc1. The molecule has 2 saturated heterocycles. The van der Waals surface area contributed by atoms with Crippen LogP contribution in [0.15, 0.2) is 91.0 Å². The molecular weight excluding hydrogens is 813 g/mol. The van der Waals surface area contributed by atoms with Gasteiger partial charge < -0.3 is 39.5 Å². The monoisotopic (exact) mass is 874 g/mol. The van der Waals surface area contributed by atoms with Crippen molar-refractivity contribution in [2.24, 2.45) is 5.92 Å². The number of anilines is 3. The quantitative estimate of drug-likeness (QED) is 0.0890. The van der Waals surface area contributed by atoms with Crippen molar-refractivity contribution in [1.82, 2.24) is 10.2 Å². The number of benzene rings is 4. The van der Waals surface area contributed by atoms with Crippen LogP contribution in [0.1, 0.15) is 62.6 Å². The normalized spacial score (nSPS) is 24.3. The predicted molar refractivity (Wildman–Crippen MR) is 247 cm³/mol. The highest BCUT2D eigenvalue weighted by molar-refractivity contribution is 6.91. The Hall–Kier alpha value is -5.05. The van der Waals surface area contributed by atoms with Gasteiger partial charge in [-0.25, -0.2) is 0 Å². The van der Waals surface area contributed by atoms with E-state index in [4.69, 9.17) is 14.2 Å². The van der Waals surface area contributed by atoms with E-state index in [9.17, 15) is 19.8 Å². The van der Waals surface area contributed by atoms with E-state index in [0.717, 1.165) is 64.5 Å². The summed E-state index contributed by atoms with van der Waals surface area (Å²) in [5, 5.41) is 24.1. The number of fused-ring (bicyclic) bond motifs is 3. The molecule has 4 heterocycles. The lowest BCUT2D eigenvalue weighted by Gasteiger charge is -2.37. The van der Waals surface area contributed by atoms with E-state index in [1.54, 1.807) is 12.0 Å². The average Bonchev–Trinajstić information content (AvgIpc) is 3.96. The van der Waals surface area contributed by atoms with Gasteiger partial charge in [-0.05, 0) is 111 Å². The van der Waals surface area contributed by atoms with Crippen LogP contribution in [0.3, 0.4) is 0 Å². The van der Waals surface area contributed by atoms with Crippen molar-refractivity contribution in [3.05, 3.63) is 108 Å². The Balaban J connectivity index is 1.10. The summed E-state index contributed by atoms with van der Waals surface area (Å²) in [6.45, 7) is 10.8. The van der Waals surface area contributed by atoms with E-state index in [1.807, 2.05) is 95.6 Å². The first kappa shape index (κ1) is 44.6. The van der Waals surface area contributed by atoms with Crippen molar-refractivity contribution < 1.29 is 38.8 Å². The fraction of sp³-hybridized carbons (Fsp3) is 0.460. The van der Waals surface area contributed by atoms with Crippen molar-refractivity contribution >= 4 is 48.0 Å². The first-order valence-electron chi connectivity index (χ1n) is 22.6. The highest BCUT2D eigenvalue weighted by atomic mass is 28.3. The molecule has 63 heavy (non-hydrogen) atoms. The first-order valence-corrected chi connectivity index (χ1v) is 25.7. The maximum Gasteiger partial charge on any atom is 0.264 e. The second-order valence-electron chi connectivity index (χ2n) is 18.0. The number of nitrogens with zero attached hydrogens (tertiary/aromatic N) is 3. The molecule has 0 bridgehead atoms. The molecule has 4 aliphatic heterocycles. The third-order valence-electron chi connectivity index (χ3n) is 14.1. The van der Waals surface area contributed by atoms with Crippen molar-refractivity contribution in [3.8, 4) is 11.5 Å². The van der Waals surface area contributed by atoms with Crippen LogP contribution < -0.4 is 29.8 Å². The Kier molecular flexibility index (Phi) is 13.1. The fourth-order valence-corrected chi connectivity index (χ4v) is 14.9. The van der Waals surface area contributed by atoms with Gasteiger partial charge in [0.1, 0.15) is 11.5 Å². The molecular formula is C50H62N4O8Si. The number of unbranched alkanes of at least 4 members (excludes halogenated alkanes) is 1. The number of amides is 3. The van der Waals surface area contributed by atoms with Gasteiger partial charge in [0.15, 0.2) is 5.60 Å². The number of likely N-dealkylation sites (tertiary alicyclic amines) is 1. The Morgan fingerprint density at radius 1 is 0.952 bits per heavy atom. The minimum Gasteiger partial charge on any atom is -0.497 e. The van der Waals surface area contributed by atoms with E-state index < -0.39 is 25.8 Å². The second kappa shape index (κ2) is 18.6. The number of hydrogen-bond donors (Lipinski definition) is 3. The number of ether oxygens (including phenoxy) is 3. The molecule has 4 aliphatic rings. The highest BCUT2D eigenvalue weighted by Gasteiger charge is 2.66. The summed E-state index contributed by atoms with van der Waals surface area (Å²) in [4.78, 5) is 49.1. The van der Waals surface area contributed by atoms with E-state index in [2.05, 4.69) is 37.5 Å². The molecule has 4 aromatic carbocycles. The molecule has 0 aliphatic carbocycles. The Morgan fingerprint density at radius 3 is 2.41 bits per heavy atom. The van der Waals surface area contributed by atoms with Crippen LogP contribution in [0, 0.1) is 5.92 Å². The van der Waals surface area contributed by atoms with Crippen LogP contribution >= 0.6 is 0 Å². The first-order chi connectivity index (χ1) is 30.5. The fourth-order valence-electron chi connectivity index (χ4n) is 10.9. The molecule has 1 spiro atoms. The van der Waals surface area contributed by atoms with Crippen molar-refractivity contribution in [1.29, 1.82) is 0 Å². The van der Waals surface area contributed by atoms with Gasteiger partial charge in [-0.2, -0.15) is 0 Å². The van der Waals surface area contributed by atoms with Crippen LogP contribution in [0.2, 0.25) is 18.6 Å². The van der Waals surface area contributed by atoms with Crippen LogP contribution in [0.25, 0.3) is 0 Å². The largest absolute Gasteiger partial charge is 0.497 e. The number of nitrogens with one attached hydrogen (secondary N) is 1. The van der Waals surface area contributed by atoms with Gasteiger partial charge >= 0.3 is 0 Å². The average molecular weight is 875 g/mol. The van der Waals surface area contributed by atoms with Gasteiger partial charge in [-0.1, -0.05) is 67.7 Å². The molecule has 12 nitrogen and oxygen atoms in total. The highest BCUT2D eigenvalue weighted by Crippen LogP contribution is 2.60. The van der Waals surface area contributed by atoms with Gasteiger partial charge in [0.2, 0.25) is 11.8 Å². The van der Waals surface area contributed by atoms with Crippen LogP contribution in [0.5, 0.6) is 11.5 Å². The molecule has 13 heteroatoms. The summed E-state index contributed by atoms with van der Waals surface area (Å²) in [6.07, 6.45) is 3.16. The number of carbonyl (C=O) groups is 3. The van der Waals surface area contributed by atoms with Gasteiger partial charge in [0.05, 0.1) is 70.9 Å². The van der Waals surface area contributed by atoms with Gasteiger partial charge in [-0.15, -0.1) is 0 Å². The second-order valence-corrected chi connectivity index (χ2v) is 22.7. The number of hydrogen-bond acceptors (Lipinski definition) is 9. The number of carbonyl (C=O) groups excluding carboxylic acids is 3. The van der Waals surface area contributed by atoms with Crippen LogP contribution in [-0.2, 0) is 37.7 Å². The zero-order valence-electron chi connectivity index (χ0n) is 37.2. The molecule has 2 fully saturated rings. The van der Waals surface area contributed by atoms with Crippen molar-refractivity contribution in [3.63, 3.8) is 0 Å². The van der Waals surface area contributed by atoms with Gasteiger partial charge in [0.25, 0.3) is 5.91 Å². The number of methoxy groups -OCH3 is 1. The zero-order valence-corrected chi connectivity index (χ0v) is 38.2. The van der Waals surface area contributed by atoms with Crippen LogP contribution in [0.4, 0.5) is 17.1 Å². The Morgan fingerprint density at radius 2 is 1.70 bits per heavy atom. The zero-order chi connectivity index (χ0) is 44.5. The summed E-state index contributed by atoms with van der Waals surface area (Å²) in [7, 11) is -0.829. The lowest BCUT2D eigenvalue weighted by atomic mass is 9.82. The maximum atomic E-state index is 15.4. The molecule has 1 unspecified atom stereocenters. The molecule has 3 N–H and O–H groups in total. The molecule has 334 valence electrons. The summed E-state index contributed by atoms with van der Waals surface area (Å²) in [6, 6.07) is 29.1. The minimum absolute atomic E-state index is 0.0469. The number of rotatable bonds is 16. The third-order valence-corrected chi connectivity index (χ3v) is 18.4. The number of aliphatic hydroxyl groups excluding tert-OH is 2. The Labute approximate surface area is 372 Å². The number of aliphatic hydroxyl groups is 2. The van der Waals surface area contributed by atoms with Gasteiger partial charge in [-0.3, -0.25) is 19.3 Å². The summed E-state index contributed by atoms with van der Waals surface area (Å²) in [5.74, 6) is 1.01. The lowest BCUT2D eigenvalue weighted by Crippen LogP contribution is -2.52. The summed E-state index contributed by atoms with van der Waals surface area (Å²) in [5.41, 5.74) is 3.60. The standard InChI is InChI=1S/C50H62N4O8Si/c1-6-61-39-21-24-43-35(28-39)29-42(51-25-9-10-27-55)48(58)54(43)36-17-15-34(16-18-36)31-53-44-14-8-7-13-41(44)50(49(53)59)33(2)47(63(4,5)40-22-19-38(60-3)20-23-40)45(62-50)30-46(57)52-26-11-12-37(52)32-56/h7-8,13-24,28,33,37,42,45,47,51,55-56H,6,9-12,25-27,29-32H2,1-5H3/t33-,37+,42?,45+,47-,50+/m1/s1. The third kappa shape index (κ3) is 8.18. The number of para-hydroxylation sites is 1. The Bertz CT molecular complexity index is 2290. The molecule has 6 atom stereocenters. The van der Waals surface area contributed by atoms with Crippen LogP contribution in [-0.4, -0.2) is 99.1 Å². The molecule has 0 aromatic heterocycles. The predicted octanol–water partition coefficient (Wildman–Crippen LogP) is 6.18. The van der Waals surface area contributed by atoms with E-state index >= 15 is 4.79 Å². The topological polar surface area (TPSA) is 141 Å². The van der Waals surface area contributed by atoms with E-state index in [-0.39, 0.29) is 61.4 Å². The molecule has 3 amide bonds. The summed E-state index contributed by atoms with van der Waals surface area (Å²) < 4.78 is 18.6. The molecule has 8 rings (SSSR count). The molecule has 0 saturated carbocycles. The summed E-state index contributed by atoms with van der Waals surface area (Å²) >= 11 is 0. The van der Waals surface area contributed by atoms with Crippen molar-refractivity contribution in [2.75, 3.05) is 49.8 Å². The lowest BCUT2D eigenvalue weighted by molar-refractivity contribution is -0.150. The maximum absolute atomic E-state index is 15.4. The van der Waals surface area contributed by atoms with Crippen molar-refractivity contribution in [2.45, 2.75) is 101 Å². The minimum atomic E-state index is -2.48.